The van der Waals surface area contributed by atoms with Gasteiger partial charge in [-0.1, -0.05) is 31.4 Å². The number of rotatable bonds is 6. The highest BCUT2D eigenvalue weighted by atomic mass is 16.5. The van der Waals surface area contributed by atoms with Crippen molar-refractivity contribution in [3.63, 3.8) is 0 Å². The molecule has 5 rings (SSSR count). The van der Waals surface area contributed by atoms with Crippen LogP contribution in [0, 0.1) is 0 Å². The Kier molecular flexibility index (Phi) is 6.85. The van der Waals surface area contributed by atoms with E-state index < -0.39 is 5.97 Å². The highest BCUT2D eigenvalue weighted by Crippen LogP contribution is 2.36. The van der Waals surface area contributed by atoms with Crippen molar-refractivity contribution in [3.05, 3.63) is 58.4 Å². The number of hydrogen-bond donors (Lipinski definition) is 1. The zero-order valence-corrected chi connectivity index (χ0v) is 21.0. The monoisotopic (exact) mass is 491 g/mol. The summed E-state index contributed by atoms with van der Waals surface area (Å²) in [6.45, 7) is 1.85. The molecule has 1 amide bonds. The molecule has 1 fully saturated rings. The molecule has 3 aromatic rings. The van der Waals surface area contributed by atoms with Crippen LogP contribution in [0.15, 0.2) is 30.3 Å². The lowest BCUT2D eigenvalue weighted by Crippen LogP contribution is -2.35. The molecule has 1 N–H and O–H groups in total. The van der Waals surface area contributed by atoms with Crippen LogP contribution < -0.4 is 4.74 Å². The standard InChI is InChI=1S/C28H33N3O5/c1-35-24-11-8-18(16-21(24)27(32)33)12-15-31-23-10-9-19-13-14-30(28(34)36-2)17-22(19)25(23)29-26(31)20-6-4-3-5-7-20/h8-11,16,20H,3-7,12-15,17H2,1-2H3,(H,32,33). The van der Waals surface area contributed by atoms with Crippen LogP contribution >= 0.6 is 0 Å². The topological polar surface area (TPSA) is 93.9 Å². The molecule has 8 heteroatoms. The van der Waals surface area contributed by atoms with Crippen molar-refractivity contribution in [1.82, 2.24) is 14.5 Å². The number of carbonyl (C=O) groups excluding carboxylic acids is 1. The molecule has 0 bridgehead atoms. The Hall–Kier alpha value is -3.55. The minimum atomic E-state index is -0.994. The number of aromatic nitrogens is 2. The molecule has 0 saturated heterocycles. The van der Waals surface area contributed by atoms with Crippen molar-refractivity contribution >= 4 is 23.1 Å². The average molecular weight is 492 g/mol. The van der Waals surface area contributed by atoms with E-state index in [1.165, 1.54) is 39.0 Å². The highest BCUT2D eigenvalue weighted by molar-refractivity contribution is 5.91. The van der Waals surface area contributed by atoms with E-state index >= 15 is 0 Å². The van der Waals surface area contributed by atoms with Crippen LogP contribution in [0.3, 0.4) is 0 Å². The van der Waals surface area contributed by atoms with Gasteiger partial charge in [0.05, 0.1) is 31.8 Å². The van der Waals surface area contributed by atoms with Crippen LogP contribution in [0.25, 0.3) is 11.0 Å². The molecule has 2 aliphatic rings. The van der Waals surface area contributed by atoms with Gasteiger partial charge in [0, 0.05) is 24.6 Å². The molecule has 2 heterocycles. The highest BCUT2D eigenvalue weighted by Gasteiger charge is 2.28. The smallest absolute Gasteiger partial charge is 0.409 e. The molecule has 1 aliphatic carbocycles. The number of aromatic carboxylic acids is 1. The van der Waals surface area contributed by atoms with Crippen molar-refractivity contribution in [2.75, 3.05) is 20.8 Å². The Bertz CT molecular complexity index is 1290. The van der Waals surface area contributed by atoms with Crippen LogP contribution in [-0.2, 0) is 30.7 Å². The molecule has 1 aliphatic heterocycles. The third-order valence-electron chi connectivity index (χ3n) is 7.67. The van der Waals surface area contributed by atoms with Crippen LogP contribution in [-0.4, -0.2) is 52.4 Å². The number of carbonyl (C=O) groups is 2. The molecular weight excluding hydrogens is 458 g/mol. The number of fused-ring (bicyclic) bond motifs is 3. The van der Waals surface area contributed by atoms with Crippen molar-refractivity contribution in [2.45, 2.75) is 64.0 Å². The Labute approximate surface area is 210 Å². The Morgan fingerprint density at radius 2 is 1.92 bits per heavy atom. The first-order valence-corrected chi connectivity index (χ1v) is 12.7. The summed E-state index contributed by atoms with van der Waals surface area (Å²) >= 11 is 0. The number of carboxylic acids is 1. The van der Waals surface area contributed by atoms with Gasteiger partial charge in [-0.15, -0.1) is 0 Å². The molecular formula is C28H33N3O5. The lowest BCUT2D eigenvalue weighted by molar-refractivity contribution is 0.0693. The Morgan fingerprint density at radius 3 is 2.64 bits per heavy atom. The number of ether oxygens (including phenoxy) is 2. The fourth-order valence-corrected chi connectivity index (χ4v) is 5.75. The van der Waals surface area contributed by atoms with Crippen LogP contribution in [0.2, 0.25) is 0 Å². The SMILES string of the molecule is COC(=O)N1CCc2ccc3c(nc(C4CCCCC4)n3CCc3ccc(OC)c(C(=O)O)c3)c2C1. The first-order chi connectivity index (χ1) is 17.5. The number of nitrogens with zero attached hydrogens (tertiary/aromatic N) is 3. The van der Waals surface area contributed by atoms with Gasteiger partial charge in [0.15, 0.2) is 0 Å². The second-order valence-corrected chi connectivity index (χ2v) is 9.76. The largest absolute Gasteiger partial charge is 0.496 e. The molecule has 0 spiro atoms. The van der Waals surface area contributed by atoms with E-state index in [-0.39, 0.29) is 11.7 Å². The number of aryl methyl sites for hydroxylation is 2. The van der Waals surface area contributed by atoms with Gasteiger partial charge in [0.25, 0.3) is 0 Å². The summed E-state index contributed by atoms with van der Waals surface area (Å²) in [5, 5.41) is 9.59. The summed E-state index contributed by atoms with van der Waals surface area (Å²) < 4.78 is 12.5. The quantitative estimate of drug-likeness (QED) is 0.512. The first-order valence-electron chi connectivity index (χ1n) is 12.7. The molecule has 8 nitrogen and oxygen atoms in total. The van der Waals surface area contributed by atoms with Gasteiger partial charge in [-0.3, -0.25) is 0 Å². The third kappa shape index (κ3) is 4.52. The number of imidazole rings is 1. The summed E-state index contributed by atoms with van der Waals surface area (Å²) in [7, 11) is 2.90. The molecule has 1 saturated carbocycles. The zero-order valence-electron chi connectivity index (χ0n) is 21.0. The number of methoxy groups -OCH3 is 2. The van der Waals surface area contributed by atoms with Gasteiger partial charge < -0.3 is 24.0 Å². The van der Waals surface area contributed by atoms with E-state index in [1.54, 1.807) is 17.0 Å². The molecule has 190 valence electrons. The number of benzene rings is 2. The number of amides is 1. The van der Waals surface area contributed by atoms with Crippen molar-refractivity contribution in [1.29, 1.82) is 0 Å². The number of hydrogen-bond acceptors (Lipinski definition) is 5. The first kappa shape index (κ1) is 24.2. The molecule has 1 aromatic heterocycles. The Morgan fingerprint density at radius 1 is 1.11 bits per heavy atom. The maximum atomic E-state index is 12.2. The van der Waals surface area contributed by atoms with E-state index in [9.17, 15) is 14.7 Å². The Balaban J connectivity index is 1.53. The summed E-state index contributed by atoms with van der Waals surface area (Å²) in [5.41, 5.74) is 5.52. The van der Waals surface area contributed by atoms with E-state index in [1.807, 2.05) is 6.07 Å². The van der Waals surface area contributed by atoms with Gasteiger partial charge in [-0.25, -0.2) is 14.6 Å². The summed E-state index contributed by atoms with van der Waals surface area (Å²) in [5.74, 6) is 0.892. The number of carboxylic acid groups (broad SMARTS) is 1. The van der Waals surface area contributed by atoms with E-state index in [4.69, 9.17) is 14.5 Å². The summed E-state index contributed by atoms with van der Waals surface area (Å²) in [4.78, 5) is 30.9. The van der Waals surface area contributed by atoms with E-state index in [0.717, 1.165) is 47.2 Å². The normalized spacial score (nSPS) is 16.1. The maximum absolute atomic E-state index is 12.2. The molecule has 2 aromatic carbocycles. The summed E-state index contributed by atoms with van der Waals surface area (Å²) in [6.07, 6.45) is 7.11. The average Bonchev–Trinajstić information content (AvgIpc) is 3.30. The van der Waals surface area contributed by atoms with Gasteiger partial charge in [-0.2, -0.15) is 0 Å². The van der Waals surface area contributed by atoms with Crippen molar-refractivity contribution in [2.24, 2.45) is 0 Å². The van der Waals surface area contributed by atoms with E-state index in [2.05, 4.69) is 16.7 Å². The molecule has 0 radical (unpaired) electrons. The molecule has 0 atom stereocenters. The fourth-order valence-electron chi connectivity index (χ4n) is 5.75. The van der Waals surface area contributed by atoms with Crippen molar-refractivity contribution < 1.29 is 24.2 Å². The van der Waals surface area contributed by atoms with Crippen LogP contribution in [0.4, 0.5) is 4.79 Å². The van der Waals surface area contributed by atoms with Gasteiger partial charge >= 0.3 is 12.1 Å². The minimum absolute atomic E-state index is 0.176. The second kappa shape index (κ2) is 10.2. The van der Waals surface area contributed by atoms with Crippen LogP contribution in [0.1, 0.15) is 70.9 Å². The van der Waals surface area contributed by atoms with Gasteiger partial charge in [0.1, 0.15) is 17.1 Å². The zero-order chi connectivity index (χ0) is 25.2. The van der Waals surface area contributed by atoms with Gasteiger partial charge in [0.2, 0.25) is 0 Å². The van der Waals surface area contributed by atoms with Crippen molar-refractivity contribution in [3.8, 4) is 5.75 Å². The lowest BCUT2D eigenvalue weighted by Gasteiger charge is -2.27. The van der Waals surface area contributed by atoms with Gasteiger partial charge in [-0.05, 0) is 55.0 Å². The predicted octanol–water partition coefficient (Wildman–Crippen LogP) is 5.16. The van der Waals surface area contributed by atoms with E-state index in [0.29, 0.717) is 37.7 Å². The maximum Gasteiger partial charge on any atom is 0.409 e. The third-order valence-corrected chi connectivity index (χ3v) is 7.67. The minimum Gasteiger partial charge on any atom is -0.496 e. The molecule has 0 unspecified atom stereocenters. The second-order valence-electron chi connectivity index (χ2n) is 9.76. The summed E-state index contributed by atoms with van der Waals surface area (Å²) in [6, 6.07) is 9.70. The van der Waals surface area contributed by atoms with Crippen LogP contribution in [0.5, 0.6) is 5.75 Å². The fraction of sp³-hybridized carbons (Fsp3) is 0.464. The lowest BCUT2D eigenvalue weighted by atomic mass is 9.88. The molecule has 36 heavy (non-hydrogen) atoms. The predicted molar refractivity (Wildman–Crippen MR) is 136 cm³/mol.